The molecule has 0 unspecified atom stereocenters. The summed E-state index contributed by atoms with van der Waals surface area (Å²) in [6.45, 7) is 11.1. The molecule has 34 heavy (non-hydrogen) atoms. The second-order valence-corrected chi connectivity index (χ2v) is 10.1. The van der Waals surface area contributed by atoms with E-state index in [-0.39, 0.29) is 0 Å². The maximum atomic E-state index is 11.0. The molecule has 2 nitrogen and oxygen atoms in total. The Morgan fingerprint density at radius 3 is 1.03 bits per heavy atom. The maximum absolute atomic E-state index is 11.0. The molecular formula is C32H50O2. The van der Waals surface area contributed by atoms with Gasteiger partial charge in [-0.3, -0.25) is 0 Å². The van der Waals surface area contributed by atoms with Crippen molar-refractivity contribution in [2.45, 2.75) is 130 Å². The van der Waals surface area contributed by atoms with E-state index in [0.29, 0.717) is 17.4 Å². The molecule has 0 aliphatic carbocycles. The predicted octanol–water partition coefficient (Wildman–Crippen LogP) is 9.40. The van der Waals surface area contributed by atoms with Gasteiger partial charge < -0.3 is 10.2 Å². The van der Waals surface area contributed by atoms with Gasteiger partial charge in [-0.2, -0.15) is 0 Å². The molecule has 0 amide bonds. The minimum atomic E-state index is 0.299. The van der Waals surface area contributed by atoms with Gasteiger partial charge >= 0.3 is 0 Å². The van der Waals surface area contributed by atoms with Crippen LogP contribution in [-0.4, -0.2) is 10.2 Å². The summed E-state index contributed by atoms with van der Waals surface area (Å²) in [6, 6.07) is 9.13. The third-order valence-electron chi connectivity index (χ3n) is 7.16. The predicted molar refractivity (Wildman–Crippen MR) is 147 cm³/mol. The molecule has 0 aliphatic heterocycles. The molecule has 2 aromatic carbocycles. The average molecular weight is 467 g/mol. The fourth-order valence-electron chi connectivity index (χ4n) is 5.02. The highest BCUT2D eigenvalue weighted by atomic mass is 16.3. The van der Waals surface area contributed by atoms with Crippen LogP contribution in [0.4, 0.5) is 0 Å². The lowest BCUT2D eigenvalue weighted by molar-refractivity contribution is 0.457. The zero-order valence-electron chi connectivity index (χ0n) is 22.7. The molecule has 2 aromatic rings. The van der Waals surface area contributed by atoms with E-state index >= 15 is 0 Å². The van der Waals surface area contributed by atoms with E-state index in [2.05, 4.69) is 58.9 Å². The van der Waals surface area contributed by atoms with E-state index in [9.17, 15) is 10.2 Å². The Morgan fingerprint density at radius 1 is 0.500 bits per heavy atom. The van der Waals surface area contributed by atoms with Gasteiger partial charge in [-0.15, -0.1) is 0 Å². The first-order valence-electron chi connectivity index (χ1n) is 14.2. The number of phenolic OH excluding ortho intramolecular Hbond substituents is 2. The highest BCUT2D eigenvalue weighted by Gasteiger charge is 2.21. The fourth-order valence-corrected chi connectivity index (χ4v) is 5.02. The Morgan fingerprint density at radius 2 is 0.794 bits per heavy atom. The van der Waals surface area contributed by atoms with E-state index in [1.807, 2.05) is 0 Å². The summed E-state index contributed by atoms with van der Waals surface area (Å²) in [5, 5.41) is 22.1. The number of rotatable bonds is 16. The summed E-state index contributed by atoms with van der Waals surface area (Å²) in [5.74, 6) is 1.35. The van der Waals surface area contributed by atoms with Crippen LogP contribution in [0.3, 0.4) is 0 Å². The average Bonchev–Trinajstić information content (AvgIpc) is 2.84. The van der Waals surface area contributed by atoms with Gasteiger partial charge in [-0.05, 0) is 91.2 Å². The summed E-state index contributed by atoms with van der Waals surface area (Å²) in [4.78, 5) is 0. The van der Waals surface area contributed by atoms with Crippen LogP contribution < -0.4 is 0 Å². The molecule has 0 aliphatic rings. The first-order chi connectivity index (χ1) is 16.5. The van der Waals surface area contributed by atoms with Crippen molar-refractivity contribution < 1.29 is 10.2 Å². The van der Waals surface area contributed by atoms with Gasteiger partial charge in [0, 0.05) is 5.92 Å². The van der Waals surface area contributed by atoms with E-state index in [1.54, 1.807) is 0 Å². The van der Waals surface area contributed by atoms with Crippen LogP contribution in [0.1, 0.15) is 138 Å². The Kier molecular flexibility index (Phi) is 12.6. The monoisotopic (exact) mass is 466 g/mol. The number of aromatic hydroxyl groups is 2. The van der Waals surface area contributed by atoms with Gasteiger partial charge in [0.2, 0.25) is 0 Å². The third-order valence-corrected chi connectivity index (χ3v) is 7.16. The summed E-state index contributed by atoms with van der Waals surface area (Å²) >= 11 is 0. The molecular weight excluding hydrogens is 416 g/mol. The molecule has 0 bridgehead atoms. The SMILES string of the molecule is CCCCc1cc(C(CCC)c2cc(CCCC)c(O)c(CCCC)c2)cc(CCCC)c1O. The van der Waals surface area contributed by atoms with Crippen molar-refractivity contribution in [3.8, 4) is 11.5 Å². The number of hydrogen-bond acceptors (Lipinski definition) is 2. The molecule has 190 valence electrons. The normalized spacial score (nSPS) is 11.5. The highest BCUT2D eigenvalue weighted by Crippen LogP contribution is 2.38. The summed E-state index contributed by atoms with van der Waals surface area (Å²) in [5.41, 5.74) is 7.13. The van der Waals surface area contributed by atoms with E-state index in [1.165, 1.54) is 11.1 Å². The van der Waals surface area contributed by atoms with Crippen LogP contribution in [-0.2, 0) is 25.7 Å². The zero-order valence-corrected chi connectivity index (χ0v) is 22.7. The number of unbranched alkanes of at least 4 members (excludes halogenated alkanes) is 4. The second kappa shape index (κ2) is 15.1. The number of aryl methyl sites for hydroxylation is 4. The highest BCUT2D eigenvalue weighted by molar-refractivity contribution is 5.50. The van der Waals surface area contributed by atoms with Crippen LogP contribution in [0.15, 0.2) is 24.3 Å². The van der Waals surface area contributed by atoms with Crippen LogP contribution in [0.25, 0.3) is 0 Å². The fraction of sp³-hybridized carbons (Fsp3) is 0.625. The topological polar surface area (TPSA) is 40.5 Å². The van der Waals surface area contributed by atoms with E-state index in [4.69, 9.17) is 0 Å². The van der Waals surface area contributed by atoms with Crippen molar-refractivity contribution in [1.29, 1.82) is 0 Å². The Balaban J connectivity index is 2.61. The molecule has 0 atom stereocenters. The molecule has 0 saturated carbocycles. The number of hydrogen-bond donors (Lipinski definition) is 2. The van der Waals surface area contributed by atoms with Crippen LogP contribution >= 0.6 is 0 Å². The maximum Gasteiger partial charge on any atom is 0.121 e. The molecule has 0 fully saturated rings. The van der Waals surface area contributed by atoms with Crippen molar-refractivity contribution in [2.24, 2.45) is 0 Å². The summed E-state index contributed by atoms with van der Waals surface area (Å²) in [7, 11) is 0. The standard InChI is InChI=1S/C32H50O2/c1-6-11-16-24-20-28(21-25(31(24)33)17-12-7-2)30(15-10-5)29-22-26(18-13-8-3)32(34)27(23-29)19-14-9-4/h20-23,30,33-34H,6-19H2,1-5H3. The lowest BCUT2D eigenvalue weighted by Gasteiger charge is -2.23. The van der Waals surface area contributed by atoms with Gasteiger partial charge in [0.05, 0.1) is 0 Å². The summed E-state index contributed by atoms with van der Waals surface area (Å²) < 4.78 is 0. The molecule has 2 heteroatoms. The van der Waals surface area contributed by atoms with Crippen molar-refractivity contribution >= 4 is 0 Å². The van der Waals surface area contributed by atoms with Crippen LogP contribution in [0, 0.1) is 0 Å². The molecule has 0 aromatic heterocycles. The lowest BCUT2D eigenvalue weighted by Crippen LogP contribution is -2.06. The zero-order chi connectivity index (χ0) is 24.9. The van der Waals surface area contributed by atoms with Gasteiger partial charge in [0.1, 0.15) is 11.5 Å². The van der Waals surface area contributed by atoms with E-state index < -0.39 is 0 Å². The molecule has 2 rings (SSSR count). The first kappa shape index (κ1) is 28.3. The van der Waals surface area contributed by atoms with E-state index in [0.717, 1.165) is 112 Å². The minimum absolute atomic E-state index is 0.299. The molecule has 0 heterocycles. The van der Waals surface area contributed by atoms with Gasteiger partial charge in [-0.25, -0.2) is 0 Å². The lowest BCUT2D eigenvalue weighted by atomic mass is 9.82. The van der Waals surface area contributed by atoms with Crippen molar-refractivity contribution in [1.82, 2.24) is 0 Å². The Bertz CT molecular complexity index is 740. The number of phenols is 2. The summed E-state index contributed by atoms with van der Waals surface area (Å²) in [6.07, 6.45) is 14.9. The van der Waals surface area contributed by atoms with Crippen molar-refractivity contribution in [3.63, 3.8) is 0 Å². The largest absolute Gasteiger partial charge is 0.507 e. The second-order valence-electron chi connectivity index (χ2n) is 10.1. The van der Waals surface area contributed by atoms with Crippen LogP contribution in [0.5, 0.6) is 11.5 Å². The first-order valence-corrected chi connectivity index (χ1v) is 14.2. The van der Waals surface area contributed by atoms with Crippen molar-refractivity contribution in [2.75, 3.05) is 0 Å². The Labute approximate surface area is 209 Å². The molecule has 0 spiro atoms. The smallest absolute Gasteiger partial charge is 0.121 e. The van der Waals surface area contributed by atoms with Crippen molar-refractivity contribution in [3.05, 3.63) is 57.6 Å². The molecule has 2 N–H and O–H groups in total. The molecule has 0 saturated heterocycles. The molecule has 0 radical (unpaired) electrons. The number of benzene rings is 2. The minimum Gasteiger partial charge on any atom is -0.507 e. The van der Waals surface area contributed by atoms with Gasteiger partial charge in [-0.1, -0.05) is 91.0 Å². The van der Waals surface area contributed by atoms with Crippen LogP contribution in [0.2, 0.25) is 0 Å². The van der Waals surface area contributed by atoms with Gasteiger partial charge in [0.25, 0.3) is 0 Å². The van der Waals surface area contributed by atoms with Gasteiger partial charge in [0.15, 0.2) is 0 Å². The Hall–Kier alpha value is -1.96. The quantitative estimate of drug-likeness (QED) is 0.259. The third kappa shape index (κ3) is 7.79.